The Labute approximate surface area is 450 Å². The summed E-state index contributed by atoms with van der Waals surface area (Å²) in [6, 6.07) is 0. The molecule has 72 heavy (non-hydrogen) atoms. The maximum absolute atomic E-state index is 12.8. The number of ether oxygens (including phenoxy) is 2. The van der Waals surface area contributed by atoms with Crippen molar-refractivity contribution >= 4 is 13.8 Å². The van der Waals surface area contributed by atoms with Gasteiger partial charge in [0, 0.05) is 13.0 Å². The number of nitrogens with zero attached hydrogens (tertiary/aromatic N) is 1. The summed E-state index contributed by atoms with van der Waals surface area (Å²) in [5, 5.41) is 0. The second kappa shape index (κ2) is 56.7. The fourth-order valence-corrected chi connectivity index (χ4v) is 10.7. The minimum Gasteiger partial charge on any atom is -0.756 e. The Kier molecular flexibility index (Phi) is 56.3. The average Bonchev–Trinajstić information content (AvgIpc) is 3.34. The lowest BCUT2D eigenvalue weighted by Crippen LogP contribution is -2.37. The van der Waals surface area contributed by atoms with Crippen LogP contribution < -0.4 is 4.89 Å². The maximum Gasteiger partial charge on any atom is 0.306 e. The van der Waals surface area contributed by atoms with Crippen molar-refractivity contribution in [2.24, 2.45) is 0 Å². The first kappa shape index (κ1) is 71.5. The number of rotatable bonds is 62. The second-order valence-electron chi connectivity index (χ2n) is 23.5. The number of unbranched alkanes of at least 4 members (excludes halogenated alkanes) is 48. The summed E-state index contributed by atoms with van der Waals surface area (Å²) in [6.45, 7) is 5.51. The molecular weight excluding hydrogens is 914 g/mol. The number of phosphoric acid groups is 1. The van der Waals surface area contributed by atoms with E-state index in [1.165, 1.54) is 289 Å². The third kappa shape index (κ3) is 60.4. The van der Waals surface area contributed by atoms with Gasteiger partial charge < -0.3 is 27.9 Å². The van der Waals surface area contributed by atoms with Crippen molar-refractivity contribution in [1.82, 2.24) is 0 Å². The molecule has 0 aliphatic rings. The summed E-state index contributed by atoms with van der Waals surface area (Å²) in [7, 11) is 1.38. The molecule has 0 aromatic rings. The third-order valence-electron chi connectivity index (χ3n) is 14.9. The fourth-order valence-electron chi connectivity index (χ4n) is 9.97. The van der Waals surface area contributed by atoms with Gasteiger partial charge in [0.2, 0.25) is 0 Å². The molecule has 0 aromatic carbocycles. The fraction of sp³-hybridized carbons (Fsp3) is 0.984. The van der Waals surface area contributed by atoms with Crippen LogP contribution in [-0.2, 0) is 27.9 Å². The van der Waals surface area contributed by atoms with Crippen LogP contribution in [0.25, 0.3) is 0 Å². The van der Waals surface area contributed by atoms with Crippen LogP contribution in [0.4, 0.5) is 0 Å². The Hall–Kier alpha value is -0.500. The van der Waals surface area contributed by atoms with Gasteiger partial charge in [0.25, 0.3) is 7.82 Å². The highest BCUT2D eigenvalue weighted by atomic mass is 31.2. The van der Waals surface area contributed by atoms with Gasteiger partial charge in [0.15, 0.2) is 0 Å². The molecule has 432 valence electrons. The van der Waals surface area contributed by atoms with Crippen LogP contribution in [0, 0.1) is 0 Å². The van der Waals surface area contributed by atoms with Crippen LogP contribution in [0.1, 0.15) is 341 Å². The van der Waals surface area contributed by atoms with Gasteiger partial charge in [0.1, 0.15) is 19.3 Å². The molecule has 0 aromatic heterocycles. The minimum atomic E-state index is -4.53. The van der Waals surface area contributed by atoms with E-state index in [9.17, 15) is 14.3 Å². The van der Waals surface area contributed by atoms with Gasteiger partial charge >= 0.3 is 5.97 Å². The van der Waals surface area contributed by atoms with Gasteiger partial charge in [-0.15, -0.1) is 0 Å². The van der Waals surface area contributed by atoms with E-state index in [-0.39, 0.29) is 25.8 Å². The van der Waals surface area contributed by atoms with Gasteiger partial charge in [-0.3, -0.25) is 9.36 Å². The van der Waals surface area contributed by atoms with E-state index in [4.69, 9.17) is 18.5 Å². The molecule has 0 amide bonds. The van der Waals surface area contributed by atoms with Crippen molar-refractivity contribution in [2.75, 3.05) is 54.1 Å². The van der Waals surface area contributed by atoms with Crippen molar-refractivity contribution in [2.45, 2.75) is 347 Å². The average molecular weight is 1040 g/mol. The zero-order valence-corrected chi connectivity index (χ0v) is 50.3. The van der Waals surface area contributed by atoms with E-state index in [2.05, 4.69) is 13.8 Å². The molecule has 0 radical (unpaired) electrons. The molecule has 0 spiro atoms. The number of hydrogen-bond donors (Lipinski definition) is 0. The topological polar surface area (TPSA) is 94.1 Å². The summed E-state index contributed by atoms with van der Waals surface area (Å²) in [5.41, 5.74) is 0. The molecule has 9 heteroatoms. The SMILES string of the molecule is CCCCCCCCCCCCCCCCCCCCCCCCCCCCCCCCCCCCCCC(=O)O[C@H](COCCCCCCCCCCCCCCCC)COP(=O)([O-])OCC[N+](C)(C)C. The van der Waals surface area contributed by atoms with Gasteiger partial charge in [-0.05, 0) is 12.8 Å². The zero-order valence-electron chi connectivity index (χ0n) is 49.4. The highest BCUT2D eigenvalue weighted by Gasteiger charge is 2.20. The minimum absolute atomic E-state index is 0.0319. The summed E-state index contributed by atoms with van der Waals surface area (Å²) < 4.78 is 34.9. The van der Waals surface area contributed by atoms with Crippen LogP contribution >= 0.6 is 7.82 Å². The lowest BCUT2D eigenvalue weighted by atomic mass is 10.0. The van der Waals surface area contributed by atoms with E-state index >= 15 is 0 Å². The molecule has 0 heterocycles. The van der Waals surface area contributed by atoms with Crippen molar-refractivity contribution in [3.63, 3.8) is 0 Å². The summed E-state index contributed by atoms with van der Waals surface area (Å²) in [4.78, 5) is 25.3. The standard InChI is InChI=1S/C63H128NO7P/c1-6-8-10-12-14-16-18-20-22-23-24-25-26-27-28-29-30-31-32-33-34-35-36-37-38-39-40-41-42-43-44-46-48-50-52-54-56-63(65)71-62(61-70-72(66,67)69-59-57-64(3,4)5)60-68-58-55-53-51-49-47-45-21-19-17-15-13-11-9-7-2/h62H,6-61H2,1-5H3/t62-/m1/s1. The molecule has 0 rings (SSSR count). The van der Waals surface area contributed by atoms with Crippen LogP contribution in [0.3, 0.4) is 0 Å². The molecule has 0 aliphatic carbocycles. The van der Waals surface area contributed by atoms with Crippen LogP contribution in [-0.4, -0.2) is 70.7 Å². The Morgan fingerprint density at radius 2 is 0.639 bits per heavy atom. The largest absolute Gasteiger partial charge is 0.756 e. The van der Waals surface area contributed by atoms with E-state index in [1.54, 1.807) is 0 Å². The van der Waals surface area contributed by atoms with Gasteiger partial charge in [-0.2, -0.15) is 0 Å². The molecular formula is C63H128NO7P. The number of phosphoric ester groups is 1. The molecule has 0 N–H and O–H groups in total. The summed E-state index contributed by atoms with van der Waals surface area (Å²) in [6.07, 6.45) is 67.6. The van der Waals surface area contributed by atoms with Crippen LogP contribution in [0.15, 0.2) is 0 Å². The molecule has 0 bridgehead atoms. The van der Waals surface area contributed by atoms with Crippen molar-refractivity contribution < 1.29 is 37.3 Å². The molecule has 0 fully saturated rings. The first-order chi connectivity index (χ1) is 35.1. The lowest BCUT2D eigenvalue weighted by molar-refractivity contribution is -0.870. The Morgan fingerprint density at radius 3 is 0.917 bits per heavy atom. The summed E-state index contributed by atoms with van der Waals surface area (Å²) in [5.74, 6) is -0.323. The number of carbonyl (C=O) groups excluding carboxylic acids is 1. The predicted molar refractivity (Wildman–Crippen MR) is 310 cm³/mol. The van der Waals surface area contributed by atoms with Gasteiger partial charge in [0.05, 0.1) is 34.4 Å². The highest BCUT2D eigenvalue weighted by molar-refractivity contribution is 7.45. The third-order valence-corrected chi connectivity index (χ3v) is 15.9. The monoisotopic (exact) mass is 1040 g/mol. The molecule has 0 aliphatic heterocycles. The Bertz CT molecular complexity index is 1120. The van der Waals surface area contributed by atoms with Crippen molar-refractivity contribution in [1.29, 1.82) is 0 Å². The maximum atomic E-state index is 12.8. The number of carbonyl (C=O) groups is 1. The number of quaternary nitrogens is 1. The molecule has 0 saturated heterocycles. The van der Waals surface area contributed by atoms with E-state index in [0.717, 1.165) is 32.1 Å². The van der Waals surface area contributed by atoms with Crippen molar-refractivity contribution in [3.05, 3.63) is 0 Å². The highest BCUT2D eigenvalue weighted by Crippen LogP contribution is 2.38. The van der Waals surface area contributed by atoms with E-state index < -0.39 is 13.9 Å². The predicted octanol–water partition coefficient (Wildman–Crippen LogP) is 20.1. The molecule has 0 saturated carbocycles. The normalized spacial score (nSPS) is 13.2. The van der Waals surface area contributed by atoms with Gasteiger partial charge in [-0.25, -0.2) is 0 Å². The smallest absolute Gasteiger partial charge is 0.306 e. The van der Waals surface area contributed by atoms with Gasteiger partial charge in [-0.1, -0.05) is 322 Å². The summed E-state index contributed by atoms with van der Waals surface area (Å²) >= 11 is 0. The Morgan fingerprint density at radius 1 is 0.375 bits per heavy atom. The first-order valence-electron chi connectivity index (χ1n) is 32.3. The first-order valence-corrected chi connectivity index (χ1v) is 33.7. The number of hydrogen-bond acceptors (Lipinski definition) is 7. The van der Waals surface area contributed by atoms with E-state index in [0.29, 0.717) is 24.1 Å². The quantitative estimate of drug-likeness (QED) is 0.0259. The molecule has 8 nitrogen and oxygen atoms in total. The van der Waals surface area contributed by atoms with Crippen molar-refractivity contribution in [3.8, 4) is 0 Å². The lowest BCUT2D eigenvalue weighted by Gasteiger charge is -2.28. The van der Waals surface area contributed by atoms with Crippen LogP contribution in [0.2, 0.25) is 0 Å². The Balaban J connectivity index is 3.79. The molecule has 2 atom stereocenters. The number of esters is 1. The zero-order chi connectivity index (χ0) is 52.6. The van der Waals surface area contributed by atoms with E-state index in [1.807, 2.05) is 21.1 Å². The van der Waals surface area contributed by atoms with Crippen LogP contribution in [0.5, 0.6) is 0 Å². The molecule has 1 unspecified atom stereocenters. The number of likely N-dealkylation sites (N-methyl/N-ethyl adjacent to an activating group) is 1. The second-order valence-corrected chi connectivity index (χ2v) is 24.9.